The van der Waals surface area contributed by atoms with Crippen molar-refractivity contribution in [2.45, 2.75) is 71.7 Å². The minimum Gasteiger partial charge on any atom is -0.347 e. The average Bonchev–Trinajstić information content (AvgIpc) is 2.89. The van der Waals surface area contributed by atoms with E-state index in [4.69, 9.17) is 9.47 Å². The van der Waals surface area contributed by atoms with Crippen LogP contribution >= 0.6 is 0 Å². The minimum absolute atomic E-state index is 0.196. The number of ether oxygens (including phenoxy) is 2. The average molecular weight is 311 g/mol. The van der Waals surface area contributed by atoms with Crippen molar-refractivity contribution < 1.29 is 14.3 Å². The summed E-state index contributed by atoms with van der Waals surface area (Å²) < 4.78 is 12.4. The van der Waals surface area contributed by atoms with E-state index in [1.165, 1.54) is 6.42 Å². The third-order valence-corrected chi connectivity index (χ3v) is 5.47. The number of nitrogens with zero attached hydrogens (tertiary/aromatic N) is 1. The van der Waals surface area contributed by atoms with Gasteiger partial charge < -0.3 is 19.2 Å². The Morgan fingerprint density at radius 1 is 1.27 bits per heavy atom. The zero-order valence-electron chi connectivity index (χ0n) is 14.8. The first-order chi connectivity index (χ1) is 10.4. The summed E-state index contributed by atoms with van der Waals surface area (Å²) in [5.74, 6) is 0.0836. The van der Waals surface area contributed by atoms with Crippen LogP contribution in [0.4, 0.5) is 0 Å². The molecule has 1 aliphatic carbocycles. The molecule has 0 radical (unpaired) electrons. The molecule has 2 aliphatic rings. The first kappa shape index (κ1) is 17.9. The van der Waals surface area contributed by atoms with Crippen LogP contribution < -0.4 is 0 Å². The van der Waals surface area contributed by atoms with Gasteiger partial charge in [-0.15, -0.1) is 0 Å². The summed E-state index contributed by atoms with van der Waals surface area (Å²) in [6, 6.07) is 0. The number of carbonyl (C=O) groups is 1. The van der Waals surface area contributed by atoms with Gasteiger partial charge in [0.25, 0.3) is 0 Å². The van der Waals surface area contributed by atoms with Crippen LogP contribution in [0.15, 0.2) is 0 Å². The minimum atomic E-state index is -0.369. The fraction of sp³-hybridized carbons (Fsp3) is 0.944. The highest BCUT2D eigenvalue weighted by molar-refractivity contribution is 5.58. The van der Waals surface area contributed by atoms with Gasteiger partial charge in [0.05, 0.1) is 12.7 Å². The van der Waals surface area contributed by atoms with Gasteiger partial charge in [0, 0.05) is 24.8 Å². The van der Waals surface area contributed by atoms with Gasteiger partial charge in [-0.3, -0.25) is 0 Å². The van der Waals surface area contributed by atoms with Crippen molar-refractivity contribution in [2.24, 2.45) is 11.3 Å². The maximum absolute atomic E-state index is 11.2. The van der Waals surface area contributed by atoms with Crippen molar-refractivity contribution >= 4 is 6.29 Å². The Labute approximate surface area is 135 Å². The van der Waals surface area contributed by atoms with Crippen molar-refractivity contribution in [2.75, 3.05) is 26.2 Å². The fourth-order valence-electron chi connectivity index (χ4n) is 3.85. The highest BCUT2D eigenvalue weighted by Gasteiger charge is 2.46. The van der Waals surface area contributed by atoms with E-state index in [1.54, 1.807) is 0 Å². The van der Waals surface area contributed by atoms with Crippen molar-refractivity contribution in [1.82, 2.24) is 4.90 Å². The topological polar surface area (TPSA) is 38.8 Å². The summed E-state index contributed by atoms with van der Waals surface area (Å²) >= 11 is 0. The summed E-state index contributed by atoms with van der Waals surface area (Å²) in [7, 11) is 0. The maximum Gasteiger partial charge on any atom is 0.168 e. The molecule has 2 fully saturated rings. The molecule has 1 atom stereocenters. The molecule has 0 amide bonds. The second kappa shape index (κ2) is 7.41. The standard InChI is InChI=1S/C18H33NO3/c1-5-11-19(6-2)12-16-13-21-18(22-16)9-7-15(8-10-18)17(3,4)14-20/h14-16H,5-13H2,1-4H3. The molecular weight excluding hydrogens is 278 g/mol. The molecule has 0 N–H and O–H groups in total. The van der Waals surface area contributed by atoms with E-state index in [0.29, 0.717) is 12.5 Å². The van der Waals surface area contributed by atoms with Crippen LogP contribution in [0.2, 0.25) is 0 Å². The van der Waals surface area contributed by atoms with Gasteiger partial charge >= 0.3 is 0 Å². The van der Waals surface area contributed by atoms with E-state index in [9.17, 15) is 4.79 Å². The fourth-order valence-corrected chi connectivity index (χ4v) is 3.85. The van der Waals surface area contributed by atoms with Crippen molar-refractivity contribution in [3.8, 4) is 0 Å². The molecule has 128 valence electrons. The number of carbonyl (C=O) groups excluding carboxylic acids is 1. The summed E-state index contributed by atoms with van der Waals surface area (Å²) in [6.07, 6.45) is 6.36. The second-order valence-electron chi connectivity index (χ2n) is 7.57. The predicted molar refractivity (Wildman–Crippen MR) is 87.8 cm³/mol. The molecule has 0 bridgehead atoms. The Morgan fingerprint density at radius 3 is 2.50 bits per heavy atom. The normalized spacial score (nSPS) is 32.8. The van der Waals surface area contributed by atoms with Crippen LogP contribution in [-0.4, -0.2) is 49.3 Å². The Hall–Kier alpha value is -0.450. The molecule has 4 nitrogen and oxygen atoms in total. The van der Waals surface area contributed by atoms with E-state index < -0.39 is 0 Å². The number of hydrogen-bond donors (Lipinski definition) is 0. The van der Waals surface area contributed by atoms with Crippen molar-refractivity contribution in [3.05, 3.63) is 0 Å². The molecular formula is C18H33NO3. The highest BCUT2D eigenvalue weighted by Crippen LogP contribution is 2.45. The predicted octanol–water partition coefficient (Wildman–Crippen LogP) is 3.25. The van der Waals surface area contributed by atoms with Gasteiger partial charge in [-0.1, -0.05) is 27.7 Å². The van der Waals surface area contributed by atoms with Crippen LogP contribution in [-0.2, 0) is 14.3 Å². The van der Waals surface area contributed by atoms with E-state index >= 15 is 0 Å². The SMILES string of the molecule is CCCN(CC)CC1COC2(CCC(C(C)(C)C=O)CC2)O1. The molecule has 1 saturated heterocycles. The van der Waals surface area contributed by atoms with Gasteiger partial charge in [0.1, 0.15) is 6.29 Å². The number of rotatable bonds is 7. The number of aldehydes is 1. The molecule has 2 rings (SSSR count). The number of likely N-dealkylation sites (N-methyl/N-ethyl adjacent to an activating group) is 1. The summed E-state index contributed by atoms with van der Waals surface area (Å²) in [5.41, 5.74) is -0.222. The van der Waals surface area contributed by atoms with E-state index in [1.807, 2.05) is 13.8 Å². The van der Waals surface area contributed by atoms with Crippen molar-refractivity contribution in [1.29, 1.82) is 0 Å². The van der Waals surface area contributed by atoms with E-state index in [2.05, 4.69) is 18.7 Å². The first-order valence-corrected chi connectivity index (χ1v) is 8.95. The van der Waals surface area contributed by atoms with Gasteiger partial charge in [-0.05, 0) is 38.3 Å². The largest absolute Gasteiger partial charge is 0.347 e. The highest BCUT2D eigenvalue weighted by atomic mass is 16.7. The van der Waals surface area contributed by atoms with Gasteiger partial charge in [0.2, 0.25) is 0 Å². The van der Waals surface area contributed by atoms with Crippen molar-refractivity contribution in [3.63, 3.8) is 0 Å². The van der Waals surface area contributed by atoms with Gasteiger partial charge in [-0.2, -0.15) is 0 Å². The lowest BCUT2D eigenvalue weighted by Gasteiger charge is -2.40. The second-order valence-corrected chi connectivity index (χ2v) is 7.57. The molecule has 4 heteroatoms. The maximum atomic E-state index is 11.2. The number of hydrogen-bond acceptors (Lipinski definition) is 4. The third kappa shape index (κ3) is 4.09. The smallest absolute Gasteiger partial charge is 0.168 e. The van der Waals surface area contributed by atoms with Crippen LogP contribution in [0.1, 0.15) is 59.8 Å². The summed E-state index contributed by atoms with van der Waals surface area (Å²) in [5, 5.41) is 0. The van der Waals surface area contributed by atoms with Crippen LogP contribution in [0.3, 0.4) is 0 Å². The molecule has 1 aliphatic heterocycles. The Kier molecular flexibility index (Phi) is 6.03. The molecule has 1 saturated carbocycles. The van der Waals surface area contributed by atoms with E-state index in [-0.39, 0.29) is 17.3 Å². The summed E-state index contributed by atoms with van der Waals surface area (Å²) in [4.78, 5) is 13.7. The molecule has 1 unspecified atom stereocenters. The van der Waals surface area contributed by atoms with Gasteiger partial charge in [0.15, 0.2) is 5.79 Å². The first-order valence-electron chi connectivity index (χ1n) is 8.95. The Balaban J connectivity index is 1.84. The zero-order chi connectivity index (χ0) is 16.2. The lowest BCUT2D eigenvalue weighted by molar-refractivity contribution is -0.197. The monoisotopic (exact) mass is 311 g/mol. The molecule has 1 spiro atoms. The molecule has 0 aromatic rings. The molecule has 1 heterocycles. The zero-order valence-corrected chi connectivity index (χ0v) is 14.8. The van der Waals surface area contributed by atoms with Crippen LogP contribution in [0.25, 0.3) is 0 Å². The van der Waals surface area contributed by atoms with Crippen LogP contribution in [0, 0.1) is 11.3 Å². The van der Waals surface area contributed by atoms with E-state index in [0.717, 1.165) is 51.6 Å². The van der Waals surface area contributed by atoms with Crippen LogP contribution in [0.5, 0.6) is 0 Å². The molecule has 22 heavy (non-hydrogen) atoms. The summed E-state index contributed by atoms with van der Waals surface area (Å²) in [6.45, 7) is 12.4. The lowest BCUT2D eigenvalue weighted by atomic mass is 9.70. The molecule has 0 aromatic heterocycles. The third-order valence-electron chi connectivity index (χ3n) is 5.47. The van der Waals surface area contributed by atoms with Gasteiger partial charge in [-0.25, -0.2) is 0 Å². The molecule has 0 aromatic carbocycles. The Bertz CT molecular complexity index is 361. The quantitative estimate of drug-likeness (QED) is 0.677. The lowest BCUT2D eigenvalue weighted by Crippen LogP contribution is -2.41. The Morgan fingerprint density at radius 2 is 1.95 bits per heavy atom.